The molecule has 0 unspecified atom stereocenters. The molecule has 5 nitrogen and oxygen atoms in total. The molecular weight excluding hydrogens is 368 g/mol. The SMILES string of the molecule is O=C(Nc1cccc(Cl)c1)Nc1cccc(-c2ncnc3ccsc23)c1. The van der Waals surface area contributed by atoms with Crippen molar-refractivity contribution in [3.8, 4) is 11.3 Å². The van der Waals surface area contributed by atoms with Gasteiger partial charge in [-0.2, -0.15) is 0 Å². The Morgan fingerprint density at radius 2 is 1.73 bits per heavy atom. The Hall–Kier alpha value is -2.96. The number of benzene rings is 2. The van der Waals surface area contributed by atoms with E-state index in [9.17, 15) is 4.79 Å². The van der Waals surface area contributed by atoms with E-state index < -0.39 is 0 Å². The summed E-state index contributed by atoms with van der Waals surface area (Å²) in [6, 6.07) is 16.2. The van der Waals surface area contributed by atoms with Crippen LogP contribution in [0.1, 0.15) is 0 Å². The van der Waals surface area contributed by atoms with Crippen molar-refractivity contribution in [3.05, 3.63) is 71.3 Å². The Morgan fingerprint density at radius 1 is 0.962 bits per heavy atom. The summed E-state index contributed by atoms with van der Waals surface area (Å²) in [6.07, 6.45) is 1.55. The van der Waals surface area contributed by atoms with Gasteiger partial charge in [0.05, 0.1) is 15.9 Å². The Bertz CT molecular complexity index is 1100. The normalized spacial score (nSPS) is 10.7. The lowest BCUT2D eigenvalue weighted by atomic mass is 10.1. The van der Waals surface area contributed by atoms with Gasteiger partial charge < -0.3 is 10.6 Å². The summed E-state index contributed by atoms with van der Waals surface area (Å²) in [5.41, 5.74) is 3.98. The number of thiophene rings is 1. The van der Waals surface area contributed by atoms with Crippen LogP contribution in [0.2, 0.25) is 5.02 Å². The lowest BCUT2D eigenvalue weighted by Crippen LogP contribution is -2.19. The minimum Gasteiger partial charge on any atom is -0.308 e. The number of anilines is 2. The molecule has 0 atom stereocenters. The predicted octanol–water partition coefficient (Wildman–Crippen LogP) is 5.66. The van der Waals surface area contributed by atoms with Crippen LogP contribution >= 0.6 is 22.9 Å². The topological polar surface area (TPSA) is 66.9 Å². The van der Waals surface area contributed by atoms with Crippen LogP contribution in [0.5, 0.6) is 0 Å². The van der Waals surface area contributed by atoms with Crippen LogP contribution in [0.25, 0.3) is 21.5 Å². The molecule has 4 aromatic rings. The second kappa shape index (κ2) is 7.11. The van der Waals surface area contributed by atoms with E-state index in [1.165, 1.54) is 0 Å². The summed E-state index contributed by atoms with van der Waals surface area (Å²) in [6.45, 7) is 0. The molecule has 0 spiro atoms. The number of carbonyl (C=O) groups excluding carboxylic acids is 1. The number of halogens is 1. The number of aromatic nitrogens is 2. The Labute approximate surface area is 158 Å². The van der Waals surface area contributed by atoms with E-state index in [1.807, 2.05) is 35.7 Å². The molecule has 2 aromatic carbocycles. The van der Waals surface area contributed by atoms with Gasteiger partial charge in [-0.1, -0.05) is 29.8 Å². The average Bonchev–Trinajstić information content (AvgIpc) is 3.10. The molecular formula is C19H13ClN4OS. The number of hydrogen-bond donors (Lipinski definition) is 2. The molecule has 2 amide bonds. The number of urea groups is 1. The fraction of sp³-hybridized carbons (Fsp3) is 0. The fourth-order valence-electron chi connectivity index (χ4n) is 2.60. The molecule has 2 heterocycles. The maximum absolute atomic E-state index is 12.2. The largest absolute Gasteiger partial charge is 0.323 e. The van der Waals surface area contributed by atoms with E-state index in [0.717, 1.165) is 21.5 Å². The second-order valence-electron chi connectivity index (χ2n) is 5.53. The van der Waals surface area contributed by atoms with Gasteiger partial charge in [-0.25, -0.2) is 14.8 Å². The molecule has 7 heteroatoms. The molecule has 0 radical (unpaired) electrons. The second-order valence-corrected chi connectivity index (χ2v) is 6.88. The highest BCUT2D eigenvalue weighted by atomic mass is 35.5. The predicted molar refractivity (Wildman–Crippen MR) is 107 cm³/mol. The number of amides is 2. The highest BCUT2D eigenvalue weighted by Crippen LogP contribution is 2.30. The minimum atomic E-state index is -0.339. The van der Waals surface area contributed by atoms with Crippen molar-refractivity contribution in [2.24, 2.45) is 0 Å². The van der Waals surface area contributed by atoms with Crippen molar-refractivity contribution in [2.45, 2.75) is 0 Å². The Balaban J connectivity index is 1.56. The van der Waals surface area contributed by atoms with Crippen molar-refractivity contribution >= 4 is 50.6 Å². The molecule has 26 heavy (non-hydrogen) atoms. The van der Waals surface area contributed by atoms with E-state index in [4.69, 9.17) is 11.6 Å². The van der Waals surface area contributed by atoms with Crippen molar-refractivity contribution in [2.75, 3.05) is 10.6 Å². The maximum Gasteiger partial charge on any atom is 0.323 e. The maximum atomic E-state index is 12.2. The summed E-state index contributed by atoms with van der Waals surface area (Å²) in [4.78, 5) is 20.9. The number of rotatable bonds is 3. The van der Waals surface area contributed by atoms with Crippen LogP contribution in [-0.4, -0.2) is 16.0 Å². The van der Waals surface area contributed by atoms with Gasteiger partial charge in [0.1, 0.15) is 6.33 Å². The first-order valence-electron chi connectivity index (χ1n) is 7.81. The molecule has 0 fully saturated rings. The summed E-state index contributed by atoms with van der Waals surface area (Å²) in [5, 5.41) is 8.14. The Morgan fingerprint density at radius 3 is 2.54 bits per heavy atom. The van der Waals surface area contributed by atoms with Gasteiger partial charge in [0, 0.05) is 22.0 Å². The summed E-state index contributed by atoms with van der Waals surface area (Å²) in [5.74, 6) is 0. The fourth-order valence-corrected chi connectivity index (χ4v) is 3.65. The average molecular weight is 381 g/mol. The zero-order valence-electron chi connectivity index (χ0n) is 13.4. The first kappa shape index (κ1) is 16.5. The molecule has 0 bridgehead atoms. The first-order chi connectivity index (χ1) is 12.7. The summed E-state index contributed by atoms with van der Waals surface area (Å²) < 4.78 is 1.02. The summed E-state index contributed by atoms with van der Waals surface area (Å²) in [7, 11) is 0. The number of hydrogen-bond acceptors (Lipinski definition) is 4. The van der Waals surface area contributed by atoms with Gasteiger partial charge in [-0.3, -0.25) is 0 Å². The minimum absolute atomic E-state index is 0.339. The molecule has 0 aliphatic heterocycles. The third-order valence-electron chi connectivity index (χ3n) is 3.72. The van der Waals surface area contributed by atoms with Crippen molar-refractivity contribution < 1.29 is 4.79 Å². The third-order valence-corrected chi connectivity index (χ3v) is 4.86. The van der Waals surface area contributed by atoms with Crippen LogP contribution in [-0.2, 0) is 0 Å². The van der Waals surface area contributed by atoms with Gasteiger partial charge in [0.25, 0.3) is 0 Å². The van der Waals surface area contributed by atoms with Gasteiger partial charge in [0.15, 0.2) is 0 Å². The molecule has 128 valence electrons. The van der Waals surface area contributed by atoms with Crippen LogP contribution in [0.3, 0.4) is 0 Å². The highest BCUT2D eigenvalue weighted by Gasteiger charge is 2.09. The van der Waals surface area contributed by atoms with Crippen LogP contribution < -0.4 is 10.6 Å². The molecule has 0 aliphatic carbocycles. The lowest BCUT2D eigenvalue weighted by Gasteiger charge is -2.09. The lowest BCUT2D eigenvalue weighted by molar-refractivity contribution is 0.262. The van der Waals surface area contributed by atoms with E-state index in [2.05, 4.69) is 20.6 Å². The van der Waals surface area contributed by atoms with Gasteiger partial charge >= 0.3 is 6.03 Å². The number of fused-ring (bicyclic) bond motifs is 1. The molecule has 2 aromatic heterocycles. The third kappa shape index (κ3) is 3.51. The number of carbonyl (C=O) groups is 1. The van der Waals surface area contributed by atoms with Crippen LogP contribution in [0, 0.1) is 0 Å². The standard InChI is InChI=1S/C19H13ClN4OS/c20-13-4-2-6-15(10-13)24-19(25)23-14-5-1-3-12(9-14)17-18-16(7-8-26-18)21-11-22-17/h1-11H,(H2,23,24,25). The van der Waals surface area contributed by atoms with E-state index in [-0.39, 0.29) is 6.03 Å². The van der Waals surface area contributed by atoms with E-state index >= 15 is 0 Å². The quantitative estimate of drug-likeness (QED) is 0.482. The van der Waals surface area contributed by atoms with E-state index in [1.54, 1.807) is 41.9 Å². The van der Waals surface area contributed by atoms with Crippen molar-refractivity contribution in [3.63, 3.8) is 0 Å². The molecule has 0 saturated carbocycles. The van der Waals surface area contributed by atoms with Gasteiger partial charge in [-0.15, -0.1) is 11.3 Å². The van der Waals surface area contributed by atoms with Crippen molar-refractivity contribution in [1.29, 1.82) is 0 Å². The zero-order chi connectivity index (χ0) is 17.9. The van der Waals surface area contributed by atoms with Crippen molar-refractivity contribution in [1.82, 2.24) is 9.97 Å². The molecule has 2 N–H and O–H groups in total. The number of nitrogens with zero attached hydrogens (tertiary/aromatic N) is 2. The number of nitrogens with one attached hydrogen (secondary N) is 2. The van der Waals surface area contributed by atoms with Crippen LogP contribution in [0.15, 0.2) is 66.3 Å². The molecule has 0 aliphatic rings. The monoisotopic (exact) mass is 380 g/mol. The molecule has 0 saturated heterocycles. The zero-order valence-corrected chi connectivity index (χ0v) is 15.0. The smallest absolute Gasteiger partial charge is 0.308 e. The van der Waals surface area contributed by atoms with Gasteiger partial charge in [-0.05, 0) is 41.8 Å². The Kier molecular flexibility index (Phi) is 4.51. The first-order valence-corrected chi connectivity index (χ1v) is 9.07. The van der Waals surface area contributed by atoms with E-state index in [0.29, 0.717) is 16.4 Å². The highest BCUT2D eigenvalue weighted by molar-refractivity contribution is 7.17. The van der Waals surface area contributed by atoms with Crippen LogP contribution in [0.4, 0.5) is 16.2 Å². The van der Waals surface area contributed by atoms with Gasteiger partial charge in [0.2, 0.25) is 0 Å². The summed E-state index contributed by atoms with van der Waals surface area (Å²) >= 11 is 7.53. The molecule has 4 rings (SSSR count).